The standard InChI is InChI=1S/C17H20ClN3.CH4O3S/c1-3-12-6-5-7-14(10-12)21(17(19)20)16-11-13(4-2)8-9-15(16)18;1-5(2,3)4/h5-11H,3-4H2,1-2H3,(H3,19,20);1H3,(H,2,3,4). The van der Waals surface area contributed by atoms with Crippen molar-refractivity contribution in [2.75, 3.05) is 11.2 Å². The van der Waals surface area contributed by atoms with Crippen LogP contribution in [0.15, 0.2) is 42.5 Å². The van der Waals surface area contributed by atoms with Gasteiger partial charge in [-0.25, -0.2) is 0 Å². The molecule has 0 bridgehead atoms. The number of hydrogen-bond acceptors (Lipinski definition) is 3. The van der Waals surface area contributed by atoms with Crippen LogP contribution in [0.2, 0.25) is 5.02 Å². The van der Waals surface area contributed by atoms with Gasteiger partial charge in [0.1, 0.15) is 0 Å². The summed E-state index contributed by atoms with van der Waals surface area (Å²) in [7, 11) is -3.67. The molecule has 0 heterocycles. The van der Waals surface area contributed by atoms with E-state index in [-0.39, 0.29) is 5.96 Å². The highest BCUT2D eigenvalue weighted by Gasteiger charge is 2.16. The van der Waals surface area contributed by atoms with E-state index < -0.39 is 10.1 Å². The first kappa shape index (κ1) is 22.0. The van der Waals surface area contributed by atoms with Gasteiger partial charge in [0.2, 0.25) is 0 Å². The van der Waals surface area contributed by atoms with E-state index in [2.05, 4.69) is 19.9 Å². The van der Waals surface area contributed by atoms with Gasteiger partial charge < -0.3 is 5.73 Å². The van der Waals surface area contributed by atoms with Crippen LogP contribution in [0, 0.1) is 5.41 Å². The number of nitrogens with two attached hydrogens (primary N) is 1. The fourth-order valence-electron chi connectivity index (χ4n) is 2.27. The first-order chi connectivity index (χ1) is 12.1. The van der Waals surface area contributed by atoms with Crippen molar-refractivity contribution < 1.29 is 13.0 Å². The minimum Gasteiger partial charge on any atom is -0.369 e. The van der Waals surface area contributed by atoms with Crippen LogP contribution in [-0.4, -0.2) is 25.2 Å². The summed E-state index contributed by atoms with van der Waals surface area (Å²) in [6, 6.07) is 13.9. The molecule has 6 nitrogen and oxygen atoms in total. The van der Waals surface area contributed by atoms with Crippen LogP contribution in [0.25, 0.3) is 0 Å². The second-order valence-corrected chi connectivity index (χ2v) is 7.49. The maximum Gasteiger partial charge on any atom is 0.261 e. The maximum absolute atomic E-state index is 9.19. The van der Waals surface area contributed by atoms with Gasteiger partial charge >= 0.3 is 0 Å². The van der Waals surface area contributed by atoms with Crippen LogP contribution in [0.5, 0.6) is 0 Å². The van der Waals surface area contributed by atoms with Crippen LogP contribution in [0.4, 0.5) is 11.4 Å². The smallest absolute Gasteiger partial charge is 0.261 e. The van der Waals surface area contributed by atoms with Crippen molar-refractivity contribution >= 4 is 39.1 Å². The second kappa shape index (κ2) is 9.56. The number of benzene rings is 2. The molecular formula is C18H24ClN3O3S. The van der Waals surface area contributed by atoms with Crippen molar-refractivity contribution in [2.45, 2.75) is 26.7 Å². The lowest BCUT2D eigenvalue weighted by Crippen LogP contribution is -2.32. The number of nitrogens with one attached hydrogen (secondary N) is 1. The number of aryl methyl sites for hydroxylation is 2. The summed E-state index contributed by atoms with van der Waals surface area (Å²) in [5, 5.41) is 8.51. The average molecular weight is 398 g/mol. The Morgan fingerprint density at radius 3 is 2.19 bits per heavy atom. The Morgan fingerprint density at radius 2 is 1.69 bits per heavy atom. The largest absolute Gasteiger partial charge is 0.369 e. The first-order valence-electron chi connectivity index (χ1n) is 8.00. The third-order valence-electron chi connectivity index (χ3n) is 3.48. The molecule has 0 aromatic heterocycles. The highest BCUT2D eigenvalue weighted by atomic mass is 35.5. The van der Waals surface area contributed by atoms with Crippen molar-refractivity contribution in [3.8, 4) is 0 Å². The zero-order chi connectivity index (χ0) is 19.9. The molecule has 26 heavy (non-hydrogen) atoms. The molecule has 0 radical (unpaired) electrons. The maximum atomic E-state index is 9.19. The fraction of sp³-hybridized carbons (Fsp3) is 0.278. The lowest BCUT2D eigenvalue weighted by atomic mass is 10.1. The van der Waals surface area contributed by atoms with E-state index in [0.29, 0.717) is 11.3 Å². The normalized spacial score (nSPS) is 10.7. The molecule has 0 aliphatic rings. The Morgan fingerprint density at radius 1 is 1.15 bits per heavy atom. The lowest BCUT2D eigenvalue weighted by Gasteiger charge is -2.25. The molecule has 8 heteroatoms. The highest BCUT2D eigenvalue weighted by molar-refractivity contribution is 7.85. The van der Waals surface area contributed by atoms with E-state index in [0.717, 1.165) is 29.8 Å². The molecule has 0 fully saturated rings. The number of guanidine groups is 1. The molecule has 4 N–H and O–H groups in total. The Kier molecular flexibility index (Phi) is 8.08. The first-order valence-corrected chi connectivity index (χ1v) is 10.2. The second-order valence-electron chi connectivity index (χ2n) is 5.62. The van der Waals surface area contributed by atoms with Crippen LogP contribution in [-0.2, 0) is 23.0 Å². The molecule has 0 amide bonds. The topological polar surface area (TPSA) is 107 Å². The third kappa shape index (κ3) is 7.03. The Bertz CT molecular complexity index is 862. The van der Waals surface area contributed by atoms with E-state index in [4.69, 9.17) is 27.3 Å². The molecule has 2 rings (SSSR count). The predicted octanol–water partition coefficient (Wildman–Crippen LogP) is 4.00. The van der Waals surface area contributed by atoms with E-state index in [1.165, 1.54) is 5.56 Å². The van der Waals surface area contributed by atoms with Gasteiger partial charge in [-0.05, 0) is 48.2 Å². The molecule has 2 aromatic carbocycles. The minimum absolute atomic E-state index is 0.0431. The SMILES string of the molecule is CCc1cccc(N(C(=N)N)c2cc(CC)ccc2Cl)c1.CS(=O)(=O)O. The monoisotopic (exact) mass is 397 g/mol. The summed E-state index contributed by atoms with van der Waals surface area (Å²) < 4.78 is 25.9. The van der Waals surface area contributed by atoms with Crippen molar-refractivity contribution in [3.63, 3.8) is 0 Å². The molecule has 0 aliphatic carbocycles. The fourth-order valence-corrected chi connectivity index (χ4v) is 2.47. The average Bonchev–Trinajstić information content (AvgIpc) is 2.55. The molecule has 0 saturated carbocycles. The van der Waals surface area contributed by atoms with Crippen LogP contribution in [0.1, 0.15) is 25.0 Å². The number of anilines is 2. The minimum atomic E-state index is -3.67. The number of halogens is 1. The molecule has 142 valence electrons. The van der Waals surface area contributed by atoms with Gasteiger partial charge in [0.15, 0.2) is 5.96 Å². The summed E-state index contributed by atoms with van der Waals surface area (Å²) in [5.41, 5.74) is 9.76. The van der Waals surface area contributed by atoms with Gasteiger partial charge in [-0.1, -0.05) is 43.6 Å². The Labute approximate surface area is 159 Å². The molecule has 0 atom stereocenters. The third-order valence-corrected chi connectivity index (χ3v) is 3.80. The highest BCUT2D eigenvalue weighted by Crippen LogP contribution is 2.33. The summed E-state index contributed by atoms with van der Waals surface area (Å²) in [4.78, 5) is 1.68. The molecule has 0 spiro atoms. The van der Waals surface area contributed by atoms with Crippen molar-refractivity contribution in [1.29, 1.82) is 5.41 Å². The predicted molar refractivity (Wildman–Crippen MR) is 108 cm³/mol. The van der Waals surface area contributed by atoms with Crippen LogP contribution >= 0.6 is 11.6 Å². The summed E-state index contributed by atoms with van der Waals surface area (Å²) >= 11 is 6.32. The Balaban J connectivity index is 0.000000597. The van der Waals surface area contributed by atoms with Crippen LogP contribution < -0.4 is 10.6 Å². The van der Waals surface area contributed by atoms with Crippen molar-refractivity contribution in [1.82, 2.24) is 0 Å². The van der Waals surface area contributed by atoms with Gasteiger partial charge in [0.05, 0.1) is 17.0 Å². The molecule has 2 aromatic rings. The van der Waals surface area contributed by atoms with Gasteiger partial charge in [-0.3, -0.25) is 14.9 Å². The van der Waals surface area contributed by atoms with Crippen molar-refractivity contribution in [3.05, 3.63) is 58.6 Å². The molecule has 0 saturated heterocycles. The molecular weight excluding hydrogens is 374 g/mol. The van der Waals surface area contributed by atoms with E-state index in [1.807, 2.05) is 36.4 Å². The van der Waals surface area contributed by atoms with Gasteiger partial charge in [-0.2, -0.15) is 8.42 Å². The van der Waals surface area contributed by atoms with E-state index >= 15 is 0 Å². The van der Waals surface area contributed by atoms with Gasteiger partial charge in [0.25, 0.3) is 10.1 Å². The van der Waals surface area contributed by atoms with Gasteiger partial charge in [0, 0.05) is 5.69 Å². The van der Waals surface area contributed by atoms with E-state index in [1.54, 1.807) is 4.90 Å². The number of nitrogens with zero attached hydrogens (tertiary/aromatic N) is 1. The summed E-state index contributed by atoms with van der Waals surface area (Å²) in [5.74, 6) is -0.0431. The quantitative estimate of drug-likeness (QED) is 0.410. The molecule has 0 unspecified atom stereocenters. The number of rotatable bonds is 4. The lowest BCUT2D eigenvalue weighted by molar-refractivity contribution is 0.490. The zero-order valence-corrected chi connectivity index (χ0v) is 16.6. The Hall–Kier alpha value is -2.09. The summed E-state index contributed by atoms with van der Waals surface area (Å²) in [6.45, 7) is 4.19. The molecule has 0 aliphatic heterocycles. The van der Waals surface area contributed by atoms with Crippen LogP contribution in [0.3, 0.4) is 0 Å². The van der Waals surface area contributed by atoms with E-state index in [9.17, 15) is 8.42 Å². The van der Waals surface area contributed by atoms with Crippen molar-refractivity contribution in [2.24, 2.45) is 5.73 Å². The summed E-state index contributed by atoms with van der Waals surface area (Å²) in [6.07, 6.45) is 2.56. The van der Waals surface area contributed by atoms with Gasteiger partial charge in [-0.15, -0.1) is 0 Å². The zero-order valence-electron chi connectivity index (χ0n) is 15.0. The number of hydrogen-bond donors (Lipinski definition) is 3.